The molecule has 0 fully saturated rings. The molecule has 2 aromatic rings. The van der Waals surface area contributed by atoms with Crippen LogP contribution in [-0.4, -0.2) is 21.5 Å². The van der Waals surface area contributed by atoms with E-state index in [0.29, 0.717) is 6.07 Å². The van der Waals surface area contributed by atoms with Crippen molar-refractivity contribution < 1.29 is 26.7 Å². The van der Waals surface area contributed by atoms with Crippen molar-refractivity contribution in [1.29, 1.82) is 0 Å². The largest absolute Gasteiger partial charge is 0.465 e. The van der Waals surface area contributed by atoms with E-state index in [2.05, 4.69) is 4.74 Å². The molecule has 0 saturated carbocycles. The SMILES string of the molecule is COC(=O)c1cccc(S(=O)(=O)Nc2ccc(F)cc2F)c1. The summed E-state index contributed by atoms with van der Waals surface area (Å²) in [5.41, 5.74) is -0.366. The van der Waals surface area contributed by atoms with Gasteiger partial charge in [0.25, 0.3) is 10.0 Å². The van der Waals surface area contributed by atoms with Gasteiger partial charge in [-0.25, -0.2) is 22.0 Å². The highest BCUT2D eigenvalue weighted by atomic mass is 32.2. The molecule has 2 aromatic carbocycles. The van der Waals surface area contributed by atoms with E-state index in [1.165, 1.54) is 18.2 Å². The second kappa shape index (κ2) is 6.10. The lowest BCUT2D eigenvalue weighted by Gasteiger charge is -2.09. The van der Waals surface area contributed by atoms with Crippen molar-refractivity contribution in [2.24, 2.45) is 0 Å². The van der Waals surface area contributed by atoms with Gasteiger partial charge in [-0.1, -0.05) is 6.07 Å². The predicted octanol–water partition coefficient (Wildman–Crippen LogP) is 2.55. The number of halogens is 2. The van der Waals surface area contributed by atoms with Crippen molar-refractivity contribution in [2.75, 3.05) is 11.8 Å². The summed E-state index contributed by atoms with van der Waals surface area (Å²) in [5, 5.41) is 0. The lowest BCUT2D eigenvalue weighted by Crippen LogP contribution is -2.15. The van der Waals surface area contributed by atoms with Gasteiger partial charge in [0.15, 0.2) is 0 Å². The average Bonchev–Trinajstić information content (AvgIpc) is 2.49. The van der Waals surface area contributed by atoms with Crippen LogP contribution in [0.4, 0.5) is 14.5 Å². The molecule has 0 spiro atoms. The smallest absolute Gasteiger partial charge is 0.337 e. The molecule has 0 aliphatic heterocycles. The second-order valence-corrected chi connectivity index (χ2v) is 5.93. The molecule has 0 radical (unpaired) electrons. The summed E-state index contributed by atoms with van der Waals surface area (Å²) in [7, 11) is -2.97. The van der Waals surface area contributed by atoms with Gasteiger partial charge in [-0.2, -0.15) is 0 Å². The van der Waals surface area contributed by atoms with E-state index in [1.807, 2.05) is 4.72 Å². The minimum atomic E-state index is -4.13. The Balaban J connectivity index is 2.36. The number of carbonyl (C=O) groups excluding carboxylic acids is 1. The van der Waals surface area contributed by atoms with E-state index in [1.54, 1.807) is 0 Å². The van der Waals surface area contributed by atoms with Gasteiger partial charge in [0.2, 0.25) is 0 Å². The van der Waals surface area contributed by atoms with E-state index >= 15 is 0 Å². The highest BCUT2D eigenvalue weighted by molar-refractivity contribution is 7.92. The number of hydrogen-bond acceptors (Lipinski definition) is 4. The van der Waals surface area contributed by atoms with E-state index in [0.717, 1.165) is 25.3 Å². The number of rotatable bonds is 4. The van der Waals surface area contributed by atoms with Crippen LogP contribution in [0.5, 0.6) is 0 Å². The maximum Gasteiger partial charge on any atom is 0.337 e. The summed E-state index contributed by atoms with van der Waals surface area (Å²) in [6.07, 6.45) is 0. The Morgan fingerprint density at radius 1 is 1.14 bits per heavy atom. The molecule has 8 heteroatoms. The number of esters is 1. The standard InChI is InChI=1S/C14H11F2NO4S/c1-21-14(18)9-3-2-4-11(7-9)22(19,20)17-13-6-5-10(15)8-12(13)16/h2-8,17H,1H3. The number of anilines is 1. The highest BCUT2D eigenvalue weighted by Gasteiger charge is 2.18. The lowest BCUT2D eigenvalue weighted by molar-refractivity contribution is 0.0600. The molecule has 5 nitrogen and oxygen atoms in total. The number of nitrogens with one attached hydrogen (secondary N) is 1. The Hall–Kier alpha value is -2.48. The average molecular weight is 327 g/mol. The predicted molar refractivity (Wildman–Crippen MR) is 74.9 cm³/mol. The maximum absolute atomic E-state index is 13.5. The Kier molecular flexibility index (Phi) is 4.41. The number of ether oxygens (including phenoxy) is 1. The minimum absolute atomic E-state index is 0.0324. The first kappa shape index (κ1) is 15.9. The van der Waals surface area contributed by atoms with Crippen molar-refractivity contribution in [3.05, 3.63) is 59.7 Å². The molecule has 2 rings (SSSR count). The van der Waals surface area contributed by atoms with Gasteiger partial charge in [0, 0.05) is 6.07 Å². The molecule has 0 amide bonds. The summed E-state index contributed by atoms with van der Waals surface area (Å²) in [6, 6.07) is 7.50. The summed E-state index contributed by atoms with van der Waals surface area (Å²) in [4.78, 5) is 11.2. The summed E-state index contributed by atoms with van der Waals surface area (Å²) in [6.45, 7) is 0. The third kappa shape index (κ3) is 3.40. The molecule has 0 atom stereocenters. The maximum atomic E-state index is 13.5. The van der Waals surface area contributed by atoms with Crippen molar-refractivity contribution in [1.82, 2.24) is 0 Å². The number of benzene rings is 2. The van der Waals surface area contributed by atoms with Crippen molar-refractivity contribution in [3.63, 3.8) is 0 Å². The molecule has 0 aromatic heterocycles. The van der Waals surface area contributed by atoms with Crippen LogP contribution in [0.3, 0.4) is 0 Å². The van der Waals surface area contributed by atoms with Crippen LogP contribution in [0.1, 0.15) is 10.4 Å². The van der Waals surface area contributed by atoms with Crippen LogP contribution in [-0.2, 0) is 14.8 Å². The van der Waals surface area contributed by atoms with E-state index in [4.69, 9.17) is 0 Å². The Bertz CT molecular complexity index is 821. The molecule has 22 heavy (non-hydrogen) atoms. The Labute approximate surface area is 125 Å². The lowest BCUT2D eigenvalue weighted by atomic mass is 10.2. The zero-order chi connectivity index (χ0) is 16.3. The second-order valence-electron chi connectivity index (χ2n) is 4.25. The van der Waals surface area contributed by atoms with Crippen LogP contribution in [0.25, 0.3) is 0 Å². The molecule has 1 N–H and O–H groups in total. The van der Waals surface area contributed by atoms with E-state index in [9.17, 15) is 22.0 Å². The quantitative estimate of drug-likeness (QED) is 0.876. The summed E-state index contributed by atoms with van der Waals surface area (Å²) in [5.74, 6) is -2.58. The van der Waals surface area contributed by atoms with Crippen LogP contribution < -0.4 is 4.72 Å². The van der Waals surface area contributed by atoms with Crippen LogP contribution in [0.15, 0.2) is 47.4 Å². The molecule has 0 bridgehead atoms. The fourth-order valence-corrected chi connectivity index (χ4v) is 2.80. The van der Waals surface area contributed by atoms with Gasteiger partial charge in [-0.3, -0.25) is 4.72 Å². The Morgan fingerprint density at radius 2 is 1.86 bits per heavy atom. The van der Waals surface area contributed by atoms with Crippen molar-refractivity contribution in [3.8, 4) is 0 Å². The molecule has 116 valence electrons. The third-order valence-corrected chi connectivity index (χ3v) is 4.10. The normalized spacial score (nSPS) is 11.0. The third-order valence-electron chi connectivity index (χ3n) is 2.74. The van der Waals surface area contributed by atoms with Gasteiger partial charge in [0.05, 0.1) is 23.3 Å². The van der Waals surface area contributed by atoms with Gasteiger partial charge in [-0.05, 0) is 30.3 Å². The minimum Gasteiger partial charge on any atom is -0.465 e. The number of carbonyl (C=O) groups is 1. The molecular weight excluding hydrogens is 316 g/mol. The zero-order valence-electron chi connectivity index (χ0n) is 11.3. The van der Waals surface area contributed by atoms with Crippen molar-refractivity contribution in [2.45, 2.75) is 4.90 Å². The van der Waals surface area contributed by atoms with Crippen LogP contribution in [0.2, 0.25) is 0 Å². The number of methoxy groups -OCH3 is 1. The molecule has 0 saturated heterocycles. The number of sulfonamides is 1. The number of hydrogen-bond donors (Lipinski definition) is 1. The van der Waals surface area contributed by atoms with Gasteiger partial charge < -0.3 is 4.74 Å². The van der Waals surface area contributed by atoms with Crippen LogP contribution in [0, 0.1) is 11.6 Å². The molecule has 0 heterocycles. The van der Waals surface area contributed by atoms with Crippen molar-refractivity contribution >= 4 is 21.7 Å². The molecule has 0 aliphatic rings. The van der Waals surface area contributed by atoms with E-state index in [-0.39, 0.29) is 10.5 Å². The summed E-state index contributed by atoms with van der Waals surface area (Å²) < 4.78 is 57.2. The first-order valence-corrected chi connectivity index (χ1v) is 7.48. The van der Waals surface area contributed by atoms with Gasteiger partial charge >= 0.3 is 5.97 Å². The topological polar surface area (TPSA) is 72.5 Å². The van der Waals surface area contributed by atoms with E-state index < -0.39 is 33.3 Å². The fraction of sp³-hybridized carbons (Fsp3) is 0.0714. The monoisotopic (exact) mass is 327 g/mol. The van der Waals surface area contributed by atoms with Gasteiger partial charge in [-0.15, -0.1) is 0 Å². The first-order chi connectivity index (χ1) is 10.3. The molecule has 0 unspecified atom stereocenters. The Morgan fingerprint density at radius 3 is 2.50 bits per heavy atom. The highest BCUT2D eigenvalue weighted by Crippen LogP contribution is 2.20. The zero-order valence-corrected chi connectivity index (χ0v) is 12.2. The molecule has 0 aliphatic carbocycles. The first-order valence-electron chi connectivity index (χ1n) is 6.00. The molecular formula is C14H11F2NO4S. The summed E-state index contributed by atoms with van der Waals surface area (Å²) >= 11 is 0. The van der Waals surface area contributed by atoms with Crippen LogP contribution >= 0.6 is 0 Å². The fourth-order valence-electron chi connectivity index (χ4n) is 1.68. The van der Waals surface area contributed by atoms with Gasteiger partial charge in [0.1, 0.15) is 11.6 Å².